The molecule has 0 amide bonds. The van der Waals surface area contributed by atoms with Crippen molar-refractivity contribution < 1.29 is 0 Å². The lowest BCUT2D eigenvalue weighted by Crippen LogP contribution is -1.96. The third-order valence-corrected chi connectivity index (χ3v) is 6.91. The molecule has 6 aromatic rings. The first-order valence-corrected chi connectivity index (χ1v) is 10.7. The summed E-state index contributed by atoms with van der Waals surface area (Å²) in [6.07, 6.45) is 0. The van der Waals surface area contributed by atoms with Gasteiger partial charge in [0.15, 0.2) is 0 Å². The molecule has 4 aromatic carbocycles. The SMILES string of the molecule is Cc1cc(Br)c(Cl)c(-n2c3ccccc3n3c4c(ccc5ccccc54)cc23)c1. The first kappa shape index (κ1) is 17.1. The molecule has 0 unspecified atom stereocenters. The van der Waals surface area contributed by atoms with Gasteiger partial charge in [-0.05, 0) is 64.1 Å². The third-order valence-electron chi connectivity index (χ3n) is 5.66. The minimum absolute atomic E-state index is 0.717. The van der Waals surface area contributed by atoms with Crippen molar-refractivity contribution in [2.24, 2.45) is 0 Å². The Balaban J connectivity index is 1.89. The predicted octanol–water partition coefficient (Wildman–Crippen LogP) is 7.91. The lowest BCUT2D eigenvalue weighted by molar-refractivity contribution is 1.14. The van der Waals surface area contributed by atoms with Crippen molar-refractivity contribution in [2.75, 3.05) is 0 Å². The number of imidazole rings is 1. The van der Waals surface area contributed by atoms with Gasteiger partial charge in [-0.15, -0.1) is 0 Å². The van der Waals surface area contributed by atoms with Gasteiger partial charge in [-0.3, -0.25) is 8.97 Å². The van der Waals surface area contributed by atoms with E-state index in [1.54, 1.807) is 0 Å². The van der Waals surface area contributed by atoms with Crippen molar-refractivity contribution in [1.82, 2.24) is 8.97 Å². The second-order valence-corrected chi connectivity index (χ2v) is 8.70. The molecule has 0 bridgehead atoms. The number of para-hydroxylation sites is 2. The largest absolute Gasteiger partial charge is 0.293 e. The van der Waals surface area contributed by atoms with Gasteiger partial charge in [0.1, 0.15) is 5.65 Å². The van der Waals surface area contributed by atoms with E-state index in [0.717, 1.165) is 26.9 Å². The Morgan fingerprint density at radius 3 is 2.38 bits per heavy atom. The number of hydrogen-bond acceptors (Lipinski definition) is 0. The van der Waals surface area contributed by atoms with Gasteiger partial charge in [0.25, 0.3) is 0 Å². The lowest BCUT2D eigenvalue weighted by atomic mass is 10.1. The molecule has 0 saturated heterocycles. The Morgan fingerprint density at radius 1 is 0.793 bits per heavy atom. The number of hydrogen-bond donors (Lipinski definition) is 0. The number of rotatable bonds is 1. The molecule has 140 valence electrons. The van der Waals surface area contributed by atoms with Crippen LogP contribution in [-0.2, 0) is 0 Å². The van der Waals surface area contributed by atoms with E-state index in [0.29, 0.717) is 5.02 Å². The summed E-state index contributed by atoms with van der Waals surface area (Å²) in [6.45, 7) is 2.09. The second kappa shape index (κ2) is 6.12. The third kappa shape index (κ3) is 2.35. The molecule has 0 radical (unpaired) electrons. The summed E-state index contributed by atoms with van der Waals surface area (Å²) < 4.78 is 5.54. The molecular weight excluding hydrogens is 444 g/mol. The van der Waals surface area contributed by atoms with Crippen molar-refractivity contribution in [1.29, 1.82) is 0 Å². The summed E-state index contributed by atoms with van der Waals surface area (Å²) in [7, 11) is 0. The highest BCUT2D eigenvalue weighted by Crippen LogP contribution is 2.38. The minimum atomic E-state index is 0.717. The van der Waals surface area contributed by atoms with E-state index in [-0.39, 0.29) is 0 Å². The van der Waals surface area contributed by atoms with E-state index >= 15 is 0 Å². The fraction of sp³-hybridized carbons (Fsp3) is 0.0400. The van der Waals surface area contributed by atoms with Gasteiger partial charge in [-0.2, -0.15) is 0 Å². The fourth-order valence-electron chi connectivity index (χ4n) is 4.45. The molecule has 6 rings (SSSR count). The van der Waals surface area contributed by atoms with Crippen LogP contribution in [0.5, 0.6) is 0 Å². The average molecular weight is 460 g/mol. The molecule has 2 nitrogen and oxygen atoms in total. The maximum Gasteiger partial charge on any atom is 0.123 e. The normalized spacial score (nSPS) is 12.0. The maximum atomic E-state index is 6.77. The van der Waals surface area contributed by atoms with Gasteiger partial charge >= 0.3 is 0 Å². The Hall–Kier alpha value is -2.75. The number of aromatic nitrogens is 2. The quantitative estimate of drug-likeness (QED) is 0.236. The molecule has 4 heteroatoms. The van der Waals surface area contributed by atoms with Crippen LogP contribution in [-0.4, -0.2) is 8.97 Å². The van der Waals surface area contributed by atoms with E-state index in [2.05, 4.69) is 111 Å². The molecule has 0 N–H and O–H groups in total. The standard InChI is InChI=1S/C25H16BrClN2/c1-15-12-19(26)24(27)22(13-15)28-20-8-4-5-9-21(20)29-23(28)14-17-11-10-16-6-2-3-7-18(16)25(17)29/h2-14H,1H3. The van der Waals surface area contributed by atoms with Crippen molar-refractivity contribution in [3.63, 3.8) is 0 Å². The number of halogens is 2. The van der Waals surface area contributed by atoms with E-state index < -0.39 is 0 Å². The molecule has 0 spiro atoms. The number of benzene rings is 4. The number of fused-ring (bicyclic) bond motifs is 7. The molecule has 2 aromatic heterocycles. The number of aryl methyl sites for hydroxylation is 1. The Labute approximate surface area is 181 Å². The van der Waals surface area contributed by atoms with E-state index in [9.17, 15) is 0 Å². The summed E-state index contributed by atoms with van der Waals surface area (Å²) in [4.78, 5) is 0. The minimum Gasteiger partial charge on any atom is -0.293 e. The van der Waals surface area contributed by atoms with Crippen molar-refractivity contribution in [3.05, 3.63) is 93.9 Å². The van der Waals surface area contributed by atoms with Crippen LogP contribution in [0.3, 0.4) is 0 Å². The van der Waals surface area contributed by atoms with Crippen LogP contribution in [0, 0.1) is 6.92 Å². The van der Waals surface area contributed by atoms with E-state index in [1.807, 2.05) is 0 Å². The molecule has 0 aliphatic carbocycles. The molecule has 0 saturated carbocycles. The maximum absolute atomic E-state index is 6.77. The molecule has 2 heterocycles. The summed E-state index contributed by atoms with van der Waals surface area (Å²) in [5.74, 6) is 0. The van der Waals surface area contributed by atoms with Gasteiger partial charge in [0.05, 0.1) is 27.3 Å². The fourth-order valence-corrected chi connectivity index (χ4v) is 5.21. The van der Waals surface area contributed by atoms with Crippen molar-refractivity contribution >= 4 is 65.9 Å². The molecule has 29 heavy (non-hydrogen) atoms. The van der Waals surface area contributed by atoms with Gasteiger partial charge in [-0.25, -0.2) is 0 Å². The monoisotopic (exact) mass is 458 g/mol. The van der Waals surface area contributed by atoms with Crippen LogP contribution in [0.2, 0.25) is 5.02 Å². The van der Waals surface area contributed by atoms with Crippen LogP contribution in [0.25, 0.3) is 44.0 Å². The molecule has 0 fully saturated rings. The first-order valence-electron chi connectivity index (χ1n) is 9.52. The van der Waals surface area contributed by atoms with Gasteiger partial charge in [-0.1, -0.05) is 60.1 Å². The summed E-state index contributed by atoms with van der Waals surface area (Å²) in [5.41, 5.74) is 6.79. The average Bonchev–Trinajstić information content (AvgIpc) is 3.25. The Morgan fingerprint density at radius 2 is 1.52 bits per heavy atom. The molecule has 0 atom stereocenters. The van der Waals surface area contributed by atoms with E-state index in [1.165, 1.54) is 27.2 Å². The summed E-state index contributed by atoms with van der Waals surface area (Å²) in [6, 6.07) is 27.9. The topological polar surface area (TPSA) is 9.34 Å². The van der Waals surface area contributed by atoms with Crippen LogP contribution in [0.15, 0.2) is 83.3 Å². The number of nitrogens with zero attached hydrogens (tertiary/aromatic N) is 2. The summed E-state index contributed by atoms with van der Waals surface area (Å²) in [5, 5.41) is 4.44. The second-order valence-electron chi connectivity index (χ2n) is 7.47. The van der Waals surface area contributed by atoms with Gasteiger partial charge in [0.2, 0.25) is 0 Å². The van der Waals surface area contributed by atoms with Crippen LogP contribution >= 0.6 is 27.5 Å². The molecular formula is C25H16BrClN2. The van der Waals surface area contributed by atoms with Crippen molar-refractivity contribution in [2.45, 2.75) is 6.92 Å². The van der Waals surface area contributed by atoms with Crippen molar-refractivity contribution in [3.8, 4) is 5.69 Å². The van der Waals surface area contributed by atoms with Crippen LogP contribution in [0.1, 0.15) is 5.56 Å². The predicted molar refractivity (Wildman–Crippen MR) is 127 cm³/mol. The zero-order valence-corrected chi connectivity index (χ0v) is 18.0. The zero-order valence-electron chi connectivity index (χ0n) is 15.7. The van der Waals surface area contributed by atoms with Gasteiger partial charge < -0.3 is 0 Å². The van der Waals surface area contributed by atoms with Crippen LogP contribution in [0.4, 0.5) is 0 Å². The smallest absolute Gasteiger partial charge is 0.123 e. The molecule has 0 aliphatic rings. The highest BCUT2D eigenvalue weighted by atomic mass is 79.9. The lowest BCUT2D eigenvalue weighted by Gasteiger charge is -2.11. The molecule has 0 aliphatic heterocycles. The zero-order chi connectivity index (χ0) is 19.7. The first-order chi connectivity index (χ1) is 14.1. The van der Waals surface area contributed by atoms with Crippen LogP contribution < -0.4 is 0 Å². The van der Waals surface area contributed by atoms with E-state index in [4.69, 9.17) is 11.6 Å². The summed E-state index contributed by atoms with van der Waals surface area (Å²) >= 11 is 10.4. The highest BCUT2D eigenvalue weighted by Gasteiger charge is 2.19. The highest BCUT2D eigenvalue weighted by molar-refractivity contribution is 9.10. The Bertz CT molecular complexity index is 1590. The Kier molecular flexibility index (Phi) is 3.62. The van der Waals surface area contributed by atoms with Gasteiger partial charge in [0, 0.05) is 15.2 Å².